The summed E-state index contributed by atoms with van der Waals surface area (Å²) in [5.74, 6) is 0.909. The Morgan fingerprint density at radius 3 is 2.92 bits per heavy atom. The smallest absolute Gasteiger partial charge is 0.127 e. The van der Waals surface area contributed by atoms with Gasteiger partial charge < -0.3 is 4.74 Å². The summed E-state index contributed by atoms with van der Waals surface area (Å²) >= 11 is 8.00. The number of aryl methyl sites for hydroxylation is 1. The van der Waals surface area contributed by atoms with E-state index in [1.165, 1.54) is 16.0 Å². The van der Waals surface area contributed by atoms with Gasteiger partial charge in [0.25, 0.3) is 0 Å². The average Bonchev–Trinajstić information content (AvgIpc) is 3.00. The number of thiophene rings is 1. The Kier molecular flexibility index (Phi) is 4.84. The third-order valence-corrected chi connectivity index (χ3v) is 6.95. The predicted octanol–water partition coefficient (Wildman–Crippen LogP) is 4.21. The fourth-order valence-corrected chi connectivity index (χ4v) is 5.58. The lowest BCUT2D eigenvalue weighted by Gasteiger charge is -2.47. The van der Waals surface area contributed by atoms with Crippen LogP contribution in [0.3, 0.4) is 0 Å². The SMILES string of the molecule is CCc1ncc(CN2CC[C@]3(C[C@@H]2C)OCCc2cc(Cl)sc23)cn1. The molecule has 4 nitrogen and oxygen atoms in total. The van der Waals surface area contributed by atoms with Crippen LogP contribution in [0.2, 0.25) is 4.34 Å². The molecule has 1 spiro atoms. The normalized spacial score (nSPS) is 26.8. The largest absolute Gasteiger partial charge is 0.369 e. The zero-order valence-electron chi connectivity index (χ0n) is 14.8. The third kappa shape index (κ3) is 3.35. The molecule has 0 aromatic carbocycles. The molecule has 0 N–H and O–H groups in total. The fraction of sp³-hybridized carbons (Fsp3) is 0.579. The van der Waals surface area contributed by atoms with Crippen LogP contribution in [-0.4, -0.2) is 34.1 Å². The highest BCUT2D eigenvalue weighted by Gasteiger charge is 2.44. The maximum absolute atomic E-state index is 6.35. The molecule has 0 unspecified atom stereocenters. The van der Waals surface area contributed by atoms with E-state index in [9.17, 15) is 0 Å². The van der Waals surface area contributed by atoms with Gasteiger partial charge in [-0.25, -0.2) is 9.97 Å². The number of piperidine rings is 1. The summed E-state index contributed by atoms with van der Waals surface area (Å²) in [6.45, 7) is 7.11. The van der Waals surface area contributed by atoms with Crippen molar-refractivity contribution in [2.75, 3.05) is 13.2 Å². The molecular weight excluding hydrogens is 354 g/mol. The first-order valence-corrected chi connectivity index (χ1v) is 10.3. The van der Waals surface area contributed by atoms with Gasteiger partial charge in [-0.05, 0) is 37.8 Å². The van der Waals surface area contributed by atoms with Gasteiger partial charge in [0.15, 0.2) is 0 Å². The molecule has 0 aliphatic carbocycles. The molecule has 1 saturated heterocycles. The molecule has 0 saturated carbocycles. The second-order valence-corrected chi connectivity index (χ2v) is 8.82. The van der Waals surface area contributed by atoms with E-state index in [0.717, 1.165) is 55.5 Å². The zero-order valence-corrected chi connectivity index (χ0v) is 16.4. The number of aromatic nitrogens is 2. The minimum absolute atomic E-state index is 0.135. The lowest BCUT2D eigenvalue weighted by Crippen LogP contribution is -2.49. The lowest BCUT2D eigenvalue weighted by atomic mass is 9.82. The van der Waals surface area contributed by atoms with Gasteiger partial charge in [0, 0.05) is 48.4 Å². The van der Waals surface area contributed by atoms with Crippen molar-refractivity contribution in [3.05, 3.63) is 44.6 Å². The van der Waals surface area contributed by atoms with Gasteiger partial charge in [-0.2, -0.15) is 0 Å². The van der Waals surface area contributed by atoms with E-state index in [1.54, 1.807) is 11.3 Å². The molecule has 0 radical (unpaired) electrons. The molecule has 134 valence electrons. The molecule has 6 heteroatoms. The van der Waals surface area contributed by atoms with Gasteiger partial charge in [0.05, 0.1) is 10.9 Å². The lowest BCUT2D eigenvalue weighted by molar-refractivity contribution is -0.110. The molecule has 2 aliphatic heterocycles. The molecule has 1 fully saturated rings. The zero-order chi connectivity index (χ0) is 17.4. The Morgan fingerprint density at radius 1 is 1.40 bits per heavy atom. The maximum Gasteiger partial charge on any atom is 0.127 e. The van der Waals surface area contributed by atoms with E-state index < -0.39 is 0 Å². The van der Waals surface area contributed by atoms with E-state index in [2.05, 4.69) is 34.8 Å². The van der Waals surface area contributed by atoms with Crippen LogP contribution in [-0.2, 0) is 29.7 Å². The highest BCUT2D eigenvalue weighted by molar-refractivity contribution is 7.16. The first-order valence-electron chi connectivity index (χ1n) is 9.06. The summed E-state index contributed by atoms with van der Waals surface area (Å²) in [6, 6.07) is 2.58. The van der Waals surface area contributed by atoms with Gasteiger partial charge >= 0.3 is 0 Å². The van der Waals surface area contributed by atoms with Crippen LogP contribution in [0, 0.1) is 0 Å². The van der Waals surface area contributed by atoms with E-state index in [4.69, 9.17) is 16.3 Å². The second kappa shape index (κ2) is 6.95. The van der Waals surface area contributed by atoms with Crippen molar-refractivity contribution in [2.24, 2.45) is 0 Å². The van der Waals surface area contributed by atoms with Crippen molar-refractivity contribution < 1.29 is 4.74 Å². The monoisotopic (exact) mass is 377 g/mol. The first kappa shape index (κ1) is 17.4. The number of fused-ring (bicyclic) bond motifs is 2. The van der Waals surface area contributed by atoms with Crippen molar-refractivity contribution in [3.63, 3.8) is 0 Å². The highest BCUT2D eigenvalue weighted by Crippen LogP contribution is 2.48. The first-order chi connectivity index (χ1) is 12.1. The van der Waals surface area contributed by atoms with Gasteiger partial charge in [-0.3, -0.25) is 4.90 Å². The molecule has 4 heterocycles. The minimum Gasteiger partial charge on any atom is -0.369 e. The standard InChI is InChI=1S/C19H24ClN3OS/c1-3-17-21-10-14(11-22-17)12-23-6-5-19(9-13(23)2)18-15(4-7-24-19)8-16(20)25-18/h8,10-11,13H,3-7,9,12H2,1-2H3/t13-,19+/m0/s1. The number of rotatable bonds is 3. The van der Waals surface area contributed by atoms with Crippen molar-refractivity contribution in [1.29, 1.82) is 0 Å². The molecule has 0 amide bonds. The molecule has 2 atom stereocenters. The van der Waals surface area contributed by atoms with Crippen LogP contribution >= 0.6 is 22.9 Å². The summed E-state index contributed by atoms with van der Waals surface area (Å²) < 4.78 is 7.23. The van der Waals surface area contributed by atoms with Gasteiger partial charge in [0.2, 0.25) is 0 Å². The van der Waals surface area contributed by atoms with Gasteiger partial charge in [0.1, 0.15) is 11.4 Å². The predicted molar refractivity (Wildman–Crippen MR) is 101 cm³/mol. The quantitative estimate of drug-likeness (QED) is 0.803. The van der Waals surface area contributed by atoms with E-state index in [-0.39, 0.29) is 5.60 Å². The topological polar surface area (TPSA) is 38.2 Å². The van der Waals surface area contributed by atoms with Crippen LogP contribution in [0.4, 0.5) is 0 Å². The summed E-state index contributed by atoms with van der Waals surface area (Å²) in [7, 11) is 0. The van der Waals surface area contributed by atoms with E-state index in [0.29, 0.717) is 6.04 Å². The van der Waals surface area contributed by atoms with Crippen LogP contribution < -0.4 is 0 Å². The van der Waals surface area contributed by atoms with Crippen LogP contribution in [0.1, 0.15) is 48.5 Å². The van der Waals surface area contributed by atoms with Gasteiger partial charge in [-0.1, -0.05) is 18.5 Å². The summed E-state index contributed by atoms with van der Waals surface area (Å²) in [6.07, 6.45) is 7.85. The Balaban J connectivity index is 1.49. The van der Waals surface area contributed by atoms with Crippen molar-refractivity contribution in [3.8, 4) is 0 Å². The maximum atomic E-state index is 6.35. The molecular formula is C19H24ClN3OS. The van der Waals surface area contributed by atoms with Crippen LogP contribution in [0.15, 0.2) is 18.5 Å². The number of hydrogen-bond acceptors (Lipinski definition) is 5. The number of hydrogen-bond donors (Lipinski definition) is 0. The Labute approximate surface area is 158 Å². The molecule has 2 aromatic rings. The number of halogens is 1. The third-order valence-electron chi connectivity index (χ3n) is 5.45. The number of nitrogens with zero attached hydrogens (tertiary/aromatic N) is 3. The molecule has 2 aromatic heterocycles. The van der Waals surface area contributed by atoms with Crippen LogP contribution in [0.5, 0.6) is 0 Å². The summed E-state index contributed by atoms with van der Waals surface area (Å²) in [5.41, 5.74) is 2.44. The number of ether oxygens (including phenoxy) is 1. The van der Waals surface area contributed by atoms with Crippen molar-refractivity contribution in [1.82, 2.24) is 14.9 Å². The Hall–Kier alpha value is -1.01. The molecule has 25 heavy (non-hydrogen) atoms. The Morgan fingerprint density at radius 2 is 2.20 bits per heavy atom. The molecule has 2 aliphatic rings. The van der Waals surface area contributed by atoms with Gasteiger partial charge in [-0.15, -0.1) is 11.3 Å². The second-order valence-electron chi connectivity index (χ2n) is 7.13. The van der Waals surface area contributed by atoms with Crippen LogP contribution in [0.25, 0.3) is 0 Å². The minimum atomic E-state index is -0.135. The Bertz CT molecular complexity index is 748. The average molecular weight is 378 g/mol. The van der Waals surface area contributed by atoms with E-state index >= 15 is 0 Å². The van der Waals surface area contributed by atoms with E-state index in [1.807, 2.05) is 12.4 Å². The highest BCUT2D eigenvalue weighted by atomic mass is 35.5. The van der Waals surface area contributed by atoms with Crippen molar-refractivity contribution >= 4 is 22.9 Å². The summed E-state index contributed by atoms with van der Waals surface area (Å²) in [4.78, 5) is 12.7. The molecule has 0 bridgehead atoms. The summed E-state index contributed by atoms with van der Waals surface area (Å²) in [5, 5.41) is 0. The fourth-order valence-electron chi connectivity index (χ4n) is 4.09. The molecule has 4 rings (SSSR count). The van der Waals surface area contributed by atoms with Crippen molar-refractivity contribution in [2.45, 2.75) is 57.7 Å². The number of likely N-dealkylation sites (tertiary alicyclic amines) is 1.